The van der Waals surface area contributed by atoms with Gasteiger partial charge in [0.15, 0.2) is 0 Å². The Morgan fingerprint density at radius 2 is 1.43 bits per heavy atom. The van der Waals surface area contributed by atoms with Crippen LogP contribution in [0.2, 0.25) is 0 Å². The molecule has 0 radical (unpaired) electrons. The molecule has 4 aromatic carbocycles. The van der Waals surface area contributed by atoms with Crippen LogP contribution >= 0.6 is 0 Å². The average molecular weight is 592 g/mol. The van der Waals surface area contributed by atoms with Crippen LogP contribution in [-0.4, -0.2) is 61.1 Å². The summed E-state index contributed by atoms with van der Waals surface area (Å²) in [4.78, 5) is 18.0. The lowest BCUT2D eigenvalue weighted by Crippen LogP contribution is -2.40. The first-order valence-corrected chi connectivity index (χ1v) is 16.0. The van der Waals surface area contributed by atoms with Crippen molar-refractivity contribution in [3.63, 3.8) is 0 Å². The highest BCUT2D eigenvalue weighted by atomic mass is 19.1. The zero-order valence-electron chi connectivity index (χ0n) is 25.3. The van der Waals surface area contributed by atoms with Crippen molar-refractivity contribution >= 4 is 5.91 Å². The second-order valence-corrected chi connectivity index (χ2v) is 12.0. The van der Waals surface area contributed by atoms with E-state index in [1.54, 1.807) is 6.07 Å². The van der Waals surface area contributed by atoms with Crippen molar-refractivity contribution < 1.29 is 13.9 Å². The number of hydrogen-bond acceptors (Lipinski definition) is 4. The van der Waals surface area contributed by atoms with E-state index >= 15 is 0 Å². The number of halogens is 1. The van der Waals surface area contributed by atoms with Gasteiger partial charge in [-0.25, -0.2) is 4.39 Å². The third-order valence-electron chi connectivity index (χ3n) is 9.08. The summed E-state index contributed by atoms with van der Waals surface area (Å²) in [6.45, 7) is 5.09. The van der Waals surface area contributed by atoms with E-state index < -0.39 is 0 Å². The summed E-state index contributed by atoms with van der Waals surface area (Å²) < 4.78 is 21.1. The third-order valence-corrected chi connectivity index (χ3v) is 9.08. The molecule has 2 heterocycles. The standard InChI is InChI=1S/C38H42FN3O2/c39-36-19-8-7-18-34(36)37(42-22-9-10-23-42)27-40-38(43)31-16-11-17-33(26-31)44-32-20-24-41(25-21-32)28-35(29-12-3-1-4-13-29)30-14-5-2-6-15-30/h1-8,11-19,26,32,35,37H,9-10,20-25,27-28H2,(H,40,43). The SMILES string of the molecule is O=C(NCC(c1ccccc1F)N1CCCC1)c1cccc(OC2CCN(CC(c3ccccc3)c3ccccc3)CC2)c1. The first-order chi connectivity index (χ1) is 21.6. The Morgan fingerprint density at radius 3 is 2.09 bits per heavy atom. The lowest BCUT2D eigenvalue weighted by atomic mass is 9.90. The van der Waals surface area contributed by atoms with E-state index in [1.165, 1.54) is 17.2 Å². The summed E-state index contributed by atoms with van der Waals surface area (Å²) in [5.41, 5.74) is 3.87. The molecule has 228 valence electrons. The predicted octanol–water partition coefficient (Wildman–Crippen LogP) is 7.07. The Kier molecular flexibility index (Phi) is 10.0. The van der Waals surface area contributed by atoms with Crippen molar-refractivity contribution in [3.05, 3.63) is 137 Å². The van der Waals surface area contributed by atoms with Crippen LogP contribution in [0.3, 0.4) is 0 Å². The smallest absolute Gasteiger partial charge is 0.251 e. The minimum atomic E-state index is -0.226. The Bertz CT molecular complexity index is 1440. The lowest BCUT2D eigenvalue weighted by molar-refractivity contribution is 0.0928. The van der Waals surface area contributed by atoms with E-state index in [1.807, 2.05) is 36.4 Å². The molecule has 1 unspecified atom stereocenters. The second kappa shape index (κ2) is 14.7. The van der Waals surface area contributed by atoms with Gasteiger partial charge in [-0.05, 0) is 74.2 Å². The molecule has 1 atom stereocenters. The van der Waals surface area contributed by atoms with Crippen molar-refractivity contribution in [2.24, 2.45) is 0 Å². The molecule has 0 aromatic heterocycles. The summed E-state index contributed by atoms with van der Waals surface area (Å²) in [5, 5.41) is 3.07. The molecule has 2 saturated heterocycles. The minimum absolute atomic E-state index is 0.108. The molecule has 2 fully saturated rings. The largest absolute Gasteiger partial charge is 0.490 e. The number of piperidine rings is 1. The van der Waals surface area contributed by atoms with Crippen LogP contribution in [0.1, 0.15) is 64.7 Å². The topological polar surface area (TPSA) is 44.8 Å². The molecular weight excluding hydrogens is 549 g/mol. The van der Waals surface area contributed by atoms with Crippen LogP contribution in [0.15, 0.2) is 109 Å². The van der Waals surface area contributed by atoms with Gasteiger partial charge in [0.1, 0.15) is 17.7 Å². The highest BCUT2D eigenvalue weighted by Gasteiger charge is 2.27. The van der Waals surface area contributed by atoms with Crippen LogP contribution in [0, 0.1) is 5.82 Å². The van der Waals surface area contributed by atoms with E-state index in [0.29, 0.717) is 29.3 Å². The normalized spacial score (nSPS) is 17.0. The number of nitrogens with zero attached hydrogens (tertiary/aromatic N) is 2. The first kappa shape index (κ1) is 30.0. The average Bonchev–Trinajstić information content (AvgIpc) is 3.61. The van der Waals surface area contributed by atoms with Gasteiger partial charge in [0, 0.05) is 43.2 Å². The van der Waals surface area contributed by atoms with Gasteiger partial charge in [-0.3, -0.25) is 9.69 Å². The lowest BCUT2D eigenvalue weighted by Gasteiger charge is -2.34. The fourth-order valence-electron chi connectivity index (χ4n) is 6.67. The zero-order chi connectivity index (χ0) is 30.1. The van der Waals surface area contributed by atoms with Crippen LogP contribution in [0.4, 0.5) is 4.39 Å². The second-order valence-electron chi connectivity index (χ2n) is 12.0. The Hall–Kier alpha value is -4.00. The summed E-state index contributed by atoms with van der Waals surface area (Å²) >= 11 is 0. The molecule has 5 nitrogen and oxygen atoms in total. The van der Waals surface area contributed by atoms with Gasteiger partial charge in [-0.1, -0.05) is 84.9 Å². The van der Waals surface area contributed by atoms with Crippen LogP contribution < -0.4 is 10.1 Å². The molecule has 44 heavy (non-hydrogen) atoms. The fourth-order valence-corrected chi connectivity index (χ4v) is 6.67. The highest BCUT2D eigenvalue weighted by molar-refractivity contribution is 5.94. The number of amides is 1. The van der Waals surface area contributed by atoms with Gasteiger partial charge in [0.2, 0.25) is 0 Å². The van der Waals surface area contributed by atoms with E-state index in [4.69, 9.17) is 4.74 Å². The van der Waals surface area contributed by atoms with Crippen molar-refractivity contribution in [2.45, 2.75) is 43.7 Å². The molecule has 0 spiro atoms. The van der Waals surface area contributed by atoms with E-state index in [2.05, 4.69) is 75.8 Å². The Morgan fingerprint density at radius 1 is 0.795 bits per heavy atom. The number of benzene rings is 4. The molecule has 2 aliphatic heterocycles. The molecule has 6 heteroatoms. The van der Waals surface area contributed by atoms with Gasteiger partial charge >= 0.3 is 0 Å². The van der Waals surface area contributed by atoms with Gasteiger partial charge in [0.05, 0.1) is 6.04 Å². The summed E-state index contributed by atoms with van der Waals surface area (Å²) in [5.74, 6) is 0.649. The number of ether oxygens (including phenoxy) is 1. The fraction of sp³-hybridized carbons (Fsp3) is 0.342. The van der Waals surface area contributed by atoms with E-state index in [0.717, 1.165) is 58.4 Å². The molecule has 1 amide bonds. The van der Waals surface area contributed by atoms with Crippen LogP contribution in [0.5, 0.6) is 5.75 Å². The maximum atomic E-state index is 14.7. The maximum Gasteiger partial charge on any atom is 0.251 e. The molecule has 0 aliphatic carbocycles. The number of rotatable bonds is 11. The monoisotopic (exact) mass is 591 g/mol. The highest BCUT2D eigenvalue weighted by Crippen LogP contribution is 2.29. The number of nitrogens with one attached hydrogen (secondary N) is 1. The van der Waals surface area contributed by atoms with E-state index in [9.17, 15) is 9.18 Å². The first-order valence-electron chi connectivity index (χ1n) is 16.0. The molecule has 2 aliphatic rings. The number of hydrogen-bond donors (Lipinski definition) is 1. The van der Waals surface area contributed by atoms with Gasteiger partial charge in [-0.15, -0.1) is 0 Å². The zero-order valence-corrected chi connectivity index (χ0v) is 25.3. The molecule has 4 aromatic rings. The molecular formula is C38H42FN3O2. The van der Waals surface area contributed by atoms with E-state index in [-0.39, 0.29) is 23.9 Å². The van der Waals surface area contributed by atoms with Crippen molar-refractivity contribution in [3.8, 4) is 5.75 Å². The Labute approximate surface area is 260 Å². The van der Waals surface area contributed by atoms with Gasteiger partial charge < -0.3 is 15.0 Å². The molecule has 6 rings (SSSR count). The van der Waals surface area contributed by atoms with Gasteiger partial charge in [0.25, 0.3) is 5.91 Å². The Balaban J connectivity index is 1.04. The summed E-state index contributed by atoms with van der Waals surface area (Å²) in [7, 11) is 0. The van der Waals surface area contributed by atoms with Gasteiger partial charge in [-0.2, -0.15) is 0 Å². The number of likely N-dealkylation sites (tertiary alicyclic amines) is 2. The maximum absolute atomic E-state index is 14.7. The molecule has 1 N–H and O–H groups in total. The number of carbonyl (C=O) groups is 1. The van der Waals surface area contributed by atoms with Crippen molar-refractivity contribution in [2.75, 3.05) is 39.3 Å². The minimum Gasteiger partial charge on any atom is -0.490 e. The molecule has 0 saturated carbocycles. The third kappa shape index (κ3) is 7.55. The number of carbonyl (C=O) groups excluding carboxylic acids is 1. The predicted molar refractivity (Wildman–Crippen MR) is 174 cm³/mol. The van der Waals surface area contributed by atoms with Crippen molar-refractivity contribution in [1.82, 2.24) is 15.1 Å². The quantitative estimate of drug-likeness (QED) is 0.203. The van der Waals surface area contributed by atoms with Crippen LogP contribution in [-0.2, 0) is 0 Å². The summed E-state index contributed by atoms with van der Waals surface area (Å²) in [6.07, 6.45) is 4.17. The van der Waals surface area contributed by atoms with Crippen LogP contribution in [0.25, 0.3) is 0 Å². The summed E-state index contributed by atoms with van der Waals surface area (Å²) in [6, 6.07) is 35.7. The van der Waals surface area contributed by atoms with Crippen molar-refractivity contribution in [1.29, 1.82) is 0 Å². The molecule has 0 bridgehead atoms.